The smallest absolute Gasteiger partial charge is 0.204 e. The van der Waals surface area contributed by atoms with Gasteiger partial charge in [-0.2, -0.15) is 0 Å². The van der Waals surface area contributed by atoms with E-state index in [0.29, 0.717) is 6.04 Å². The van der Waals surface area contributed by atoms with Crippen LogP contribution in [-0.4, -0.2) is 29.4 Å². The van der Waals surface area contributed by atoms with E-state index >= 15 is 0 Å². The van der Waals surface area contributed by atoms with Gasteiger partial charge in [0.2, 0.25) is 5.95 Å². The van der Waals surface area contributed by atoms with E-state index < -0.39 is 0 Å². The van der Waals surface area contributed by atoms with Crippen molar-refractivity contribution in [1.29, 1.82) is 0 Å². The molecule has 3 rings (SSSR count). The first-order valence-corrected chi connectivity index (χ1v) is 8.28. The van der Waals surface area contributed by atoms with Crippen molar-refractivity contribution in [2.45, 2.75) is 23.9 Å². The van der Waals surface area contributed by atoms with Crippen LogP contribution in [0, 0.1) is 0 Å². The number of fused-ring (bicyclic) bond motifs is 1. The summed E-state index contributed by atoms with van der Waals surface area (Å²) in [4.78, 5) is 7.92. The molecule has 1 aliphatic heterocycles. The average Bonchev–Trinajstić information content (AvgIpc) is 2.86. The number of anilines is 1. The van der Waals surface area contributed by atoms with Crippen molar-refractivity contribution in [2.24, 2.45) is 7.05 Å². The number of rotatable bonds is 4. The summed E-state index contributed by atoms with van der Waals surface area (Å²) in [6.07, 6.45) is 3.14. The summed E-state index contributed by atoms with van der Waals surface area (Å²) in [7, 11) is 6.12. The first-order chi connectivity index (χ1) is 10.2. The van der Waals surface area contributed by atoms with E-state index in [1.807, 2.05) is 37.0 Å². The Labute approximate surface area is 130 Å². The van der Waals surface area contributed by atoms with Crippen LogP contribution in [0.5, 0.6) is 0 Å². The van der Waals surface area contributed by atoms with Crippen molar-refractivity contribution in [2.75, 3.05) is 24.7 Å². The maximum atomic E-state index is 4.47. The fourth-order valence-corrected chi connectivity index (χ4v) is 3.92. The third-order valence-corrected chi connectivity index (χ3v) is 5.07. The standard InChI is InChI=1S/C16H22N4S/c1-19(2)16-18-11-12(20(16)3)10-17-14-8-9-21-15-7-5-4-6-13(14)15/h4-7,11,14,17H,8-10H2,1-3H3. The molecule has 1 aliphatic rings. The van der Waals surface area contributed by atoms with Crippen molar-refractivity contribution >= 4 is 17.7 Å². The molecule has 5 heteroatoms. The lowest BCUT2D eigenvalue weighted by molar-refractivity contribution is 0.500. The highest BCUT2D eigenvalue weighted by molar-refractivity contribution is 7.99. The lowest BCUT2D eigenvalue weighted by Gasteiger charge is -2.26. The van der Waals surface area contributed by atoms with Crippen LogP contribution in [0.3, 0.4) is 0 Å². The van der Waals surface area contributed by atoms with Crippen molar-refractivity contribution in [3.63, 3.8) is 0 Å². The predicted molar refractivity (Wildman–Crippen MR) is 88.9 cm³/mol. The lowest BCUT2D eigenvalue weighted by atomic mass is 10.0. The van der Waals surface area contributed by atoms with Crippen molar-refractivity contribution in [3.8, 4) is 0 Å². The second kappa shape index (κ2) is 6.12. The molecule has 0 aliphatic carbocycles. The molecule has 4 nitrogen and oxygen atoms in total. The van der Waals surface area contributed by atoms with Crippen molar-refractivity contribution in [1.82, 2.24) is 14.9 Å². The Balaban J connectivity index is 1.72. The van der Waals surface area contributed by atoms with E-state index in [9.17, 15) is 0 Å². The Morgan fingerprint density at radius 2 is 2.19 bits per heavy atom. The average molecular weight is 302 g/mol. The molecule has 112 valence electrons. The van der Waals surface area contributed by atoms with E-state index in [1.165, 1.54) is 28.3 Å². The second-order valence-electron chi connectivity index (χ2n) is 5.61. The van der Waals surface area contributed by atoms with E-state index in [-0.39, 0.29) is 0 Å². The largest absolute Gasteiger partial charge is 0.348 e. The van der Waals surface area contributed by atoms with Gasteiger partial charge in [0.05, 0.1) is 11.9 Å². The number of hydrogen-bond acceptors (Lipinski definition) is 4. The van der Waals surface area contributed by atoms with Gasteiger partial charge >= 0.3 is 0 Å². The minimum atomic E-state index is 0.445. The summed E-state index contributed by atoms with van der Waals surface area (Å²) in [6.45, 7) is 0.848. The summed E-state index contributed by atoms with van der Waals surface area (Å²) in [5, 5.41) is 3.69. The Bertz CT molecular complexity index is 620. The molecule has 2 heterocycles. The lowest BCUT2D eigenvalue weighted by Crippen LogP contribution is -2.25. The van der Waals surface area contributed by atoms with Crippen LogP contribution in [0.2, 0.25) is 0 Å². The van der Waals surface area contributed by atoms with E-state index in [0.717, 1.165) is 12.5 Å². The van der Waals surface area contributed by atoms with Crippen LogP contribution < -0.4 is 10.2 Å². The number of aromatic nitrogens is 2. The molecule has 0 radical (unpaired) electrons. The molecule has 1 unspecified atom stereocenters. The predicted octanol–water partition coefficient (Wildman–Crippen LogP) is 2.81. The Morgan fingerprint density at radius 3 is 2.95 bits per heavy atom. The quantitative estimate of drug-likeness (QED) is 0.941. The third-order valence-electron chi connectivity index (χ3n) is 3.95. The molecule has 2 aromatic rings. The van der Waals surface area contributed by atoms with Gasteiger partial charge in [-0.15, -0.1) is 11.8 Å². The summed E-state index contributed by atoms with van der Waals surface area (Å²) < 4.78 is 2.15. The zero-order valence-electron chi connectivity index (χ0n) is 12.8. The van der Waals surface area contributed by atoms with E-state index in [4.69, 9.17) is 0 Å². The van der Waals surface area contributed by atoms with Crippen LogP contribution in [0.4, 0.5) is 5.95 Å². The minimum absolute atomic E-state index is 0.445. The number of benzene rings is 1. The molecule has 0 fully saturated rings. The van der Waals surface area contributed by atoms with Crippen LogP contribution in [-0.2, 0) is 13.6 Å². The monoisotopic (exact) mass is 302 g/mol. The molecule has 21 heavy (non-hydrogen) atoms. The summed E-state index contributed by atoms with van der Waals surface area (Å²) in [5.41, 5.74) is 2.65. The van der Waals surface area contributed by atoms with Gasteiger partial charge in [0.1, 0.15) is 0 Å². The van der Waals surface area contributed by atoms with Gasteiger partial charge in [-0.25, -0.2) is 4.98 Å². The Hall–Kier alpha value is -1.46. The van der Waals surface area contributed by atoms with Crippen LogP contribution in [0.1, 0.15) is 23.7 Å². The van der Waals surface area contributed by atoms with Gasteiger partial charge in [0, 0.05) is 38.6 Å². The molecular weight excluding hydrogens is 280 g/mol. The number of nitrogens with one attached hydrogen (secondary N) is 1. The van der Waals surface area contributed by atoms with Gasteiger partial charge < -0.3 is 14.8 Å². The fraction of sp³-hybridized carbons (Fsp3) is 0.438. The maximum Gasteiger partial charge on any atom is 0.204 e. The van der Waals surface area contributed by atoms with Gasteiger partial charge in [-0.05, 0) is 23.8 Å². The minimum Gasteiger partial charge on any atom is -0.348 e. The van der Waals surface area contributed by atoms with Crippen molar-refractivity contribution < 1.29 is 0 Å². The first-order valence-electron chi connectivity index (χ1n) is 7.30. The molecule has 0 saturated heterocycles. The Morgan fingerprint density at radius 1 is 1.38 bits per heavy atom. The van der Waals surface area contributed by atoms with Gasteiger partial charge in [-0.1, -0.05) is 18.2 Å². The SMILES string of the molecule is CN(C)c1ncc(CNC2CCSc3ccccc32)n1C. The summed E-state index contributed by atoms with van der Waals surface area (Å²) in [6, 6.07) is 9.17. The number of imidazole rings is 1. The van der Waals surface area contributed by atoms with Gasteiger partial charge in [0.25, 0.3) is 0 Å². The molecule has 0 saturated carbocycles. The molecular formula is C16H22N4S. The highest BCUT2D eigenvalue weighted by Gasteiger charge is 2.20. The topological polar surface area (TPSA) is 33.1 Å². The number of thioether (sulfide) groups is 1. The molecule has 0 amide bonds. The number of nitrogens with zero attached hydrogens (tertiary/aromatic N) is 3. The molecule has 1 N–H and O–H groups in total. The summed E-state index contributed by atoms with van der Waals surface area (Å²) >= 11 is 1.96. The highest BCUT2D eigenvalue weighted by atomic mass is 32.2. The van der Waals surface area contributed by atoms with Gasteiger partial charge in [-0.3, -0.25) is 0 Å². The number of hydrogen-bond donors (Lipinski definition) is 1. The maximum absolute atomic E-state index is 4.47. The van der Waals surface area contributed by atoms with Crippen molar-refractivity contribution in [3.05, 3.63) is 41.7 Å². The first kappa shape index (κ1) is 14.5. The zero-order valence-corrected chi connectivity index (χ0v) is 13.7. The van der Waals surface area contributed by atoms with E-state index in [1.54, 1.807) is 0 Å². The highest BCUT2D eigenvalue weighted by Crippen LogP contribution is 2.35. The molecule has 1 atom stereocenters. The normalized spacial score (nSPS) is 17.6. The molecule has 0 spiro atoms. The van der Waals surface area contributed by atoms with Crippen LogP contribution in [0.25, 0.3) is 0 Å². The second-order valence-corrected chi connectivity index (χ2v) is 6.75. The Kier molecular flexibility index (Phi) is 4.22. The summed E-state index contributed by atoms with van der Waals surface area (Å²) in [5.74, 6) is 2.18. The third kappa shape index (κ3) is 2.94. The van der Waals surface area contributed by atoms with Crippen LogP contribution >= 0.6 is 11.8 Å². The van der Waals surface area contributed by atoms with E-state index in [2.05, 4.69) is 46.2 Å². The zero-order chi connectivity index (χ0) is 14.8. The fourth-order valence-electron chi connectivity index (χ4n) is 2.80. The molecule has 1 aromatic carbocycles. The van der Waals surface area contributed by atoms with Crippen LogP contribution in [0.15, 0.2) is 35.4 Å². The molecule has 0 bridgehead atoms. The van der Waals surface area contributed by atoms with Gasteiger partial charge in [0.15, 0.2) is 0 Å². The molecule has 1 aromatic heterocycles.